The van der Waals surface area contributed by atoms with Gasteiger partial charge in [0.15, 0.2) is 0 Å². The van der Waals surface area contributed by atoms with Gasteiger partial charge in [0.05, 0.1) is 5.56 Å². The van der Waals surface area contributed by atoms with Crippen molar-refractivity contribution in [3.8, 4) is 34.0 Å². The number of carbonyl (C=O) groups is 1. The summed E-state index contributed by atoms with van der Waals surface area (Å²) in [4.78, 5) is 20.3. The lowest BCUT2D eigenvalue weighted by atomic mass is 9.89. The van der Waals surface area contributed by atoms with E-state index in [0.717, 1.165) is 63.5 Å². The molecule has 2 heterocycles. The minimum absolute atomic E-state index is 0.0117. The zero-order valence-electron chi connectivity index (χ0n) is 24.1. The second kappa shape index (κ2) is 12.8. The second-order valence-electron chi connectivity index (χ2n) is 11.3. The van der Waals surface area contributed by atoms with E-state index in [9.17, 15) is 15.0 Å². The van der Waals surface area contributed by atoms with Crippen molar-refractivity contribution in [2.24, 2.45) is 0 Å². The number of rotatable bonds is 9. The van der Waals surface area contributed by atoms with Gasteiger partial charge in [0.25, 0.3) is 0 Å². The van der Waals surface area contributed by atoms with Crippen LogP contribution in [0.2, 0.25) is 0 Å². The molecule has 2 aliphatic rings. The fraction of sp³-hybridized carbons (Fsp3) is 0.324. The van der Waals surface area contributed by atoms with E-state index in [2.05, 4.69) is 9.97 Å². The number of aromatic nitrogens is 2. The number of ether oxygens (including phenoxy) is 2. The standard InChI is InChI=1S/C34H30F4N2O5/c35-24-15-18(21-11-5-13-39-32(21)44-19-7-1-2-8-19)16-25(36)28(24)31(41)27-23(17-26(37)29(30(27)38)34(42)43)22-12-6-14-40-33(22)45-20-9-3-4-10-20/h5-6,11-17,19-20,31,41H,1-4,7-10H2,(H,42,43). The zero-order chi connectivity index (χ0) is 31.7. The van der Waals surface area contributed by atoms with Gasteiger partial charge in [-0.15, -0.1) is 0 Å². The zero-order valence-corrected chi connectivity index (χ0v) is 24.1. The highest BCUT2D eigenvalue weighted by Crippen LogP contribution is 2.42. The second-order valence-corrected chi connectivity index (χ2v) is 11.3. The van der Waals surface area contributed by atoms with Gasteiger partial charge >= 0.3 is 5.97 Å². The number of benzene rings is 2. The van der Waals surface area contributed by atoms with E-state index < -0.39 is 52.0 Å². The third-order valence-corrected chi connectivity index (χ3v) is 8.40. The number of hydrogen-bond acceptors (Lipinski definition) is 6. The molecule has 0 bridgehead atoms. The SMILES string of the molecule is O=C(O)c1c(F)cc(-c2cccnc2OC2CCCC2)c(C(O)c2c(F)cc(-c3cccnc3OC3CCCC3)cc2F)c1F. The summed E-state index contributed by atoms with van der Waals surface area (Å²) in [6.45, 7) is 0. The highest BCUT2D eigenvalue weighted by atomic mass is 19.1. The number of aliphatic hydroxyl groups is 1. The Morgan fingerprint density at radius 3 is 1.78 bits per heavy atom. The monoisotopic (exact) mass is 622 g/mol. The highest BCUT2D eigenvalue weighted by molar-refractivity contribution is 5.90. The van der Waals surface area contributed by atoms with Crippen LogP contribution in [0.3, 0.4) is 0 Å². The molecule has 4 aromatic rings. The predicted octanol–water partition coefficient (Wildman–Crippen LogP) is 7.79. The maximum Gasteiger partial charge on any atom is 0.341 e. The van der Waals surface area contributed by atoms with Crippen molar-refractivity contribution in [1.82, 2.24) is 9.97 Å². The van der Waals surface area contributed by atoms with Gasteiger partial charge < -0.3 is 19.7 Å². The van der Waals surface area contributed by atoms with E-state index in [1.165, 1.54) is 24.5 Å². The minimum atomic E-state index is -2.38. The van der Waals surface area contributed by atoms with Crippen LogP contribution in [0.1, 0.15) is 79.0 Å². The van der Waals surface area contributed by atoms with Crippen molar-refractivity contribution in [3.63, 3.8) is 0 Å². The van der Waals surface area contributed by atoms with E-state index in [0.29, 0.717) is 11.6 Å². The number of hydrogen-bond donors (Lipinski definition) is 2. The Kier molecular flexibility index (Phi) is 8.71. The van der Waals surface area contributed by atoms with Crippen LogP contribution in [0.25, 0.3) is 22.3 Å². The smallest absolute Gasteiger partial charge is 0.341 e. The summed E-state index contributed by atoms with van der Waals surface area (Å²) < 4.78 is 74.7. The summed E-state index contributed by atoms with van der Waals surface area (Å²) in [6.07, 6.45) is 7.23. The van der Waals surface area contributed by atoms with Gasteiger partial charge in [-0.2, -0.15) is 0 Å². The first kappa shape index (κ1) is 30.5. The number of aromatic carboxylic acids is 1. The van der Waals surface area contributed by atoms with Crippen molar-refractivity contribution in [1.29, 1.82) is 0 Å². The molecule has 0 amide bonds. The van der Waals surface area contributed by atoms with Crippen LogP contribution in [0.15, 0.2) is 54.9 Å². The molecule has 0 spiro atoms. The highest BCUT2D eigenvalue weighted by Gasteiger charge is 2.33. The average molecular weight is 623 g/mol. The number of carboxylic acids is 1. The fourth-order valence-corrected chi connectivity index (χ4v) is 6.19. The summed E-state index contributed by atoms with van der Waals surface area (Å²) >= 11 is 0. The molecule has 2 fully saturated rings. The molecule has 2 aromatic carbocycles. The Bertz CT molecular complexity index is 1720. The first-order chi connectivity index (χ1) is 21.7. The summed E-state index contributed by atoms with van der Waals surface area (Å²) in [6, 6.07) is 8.68. The van der Waals surface area contributed by atoms with Gasteiger partial charge in [-0.05, 0) is 105 Å². The normalized spacial score (nSPS) is 16.2. The summed E-state index contributed by atoms with van der Waals surface area (Å²) in [5, 5.41) is 21.0. The molecular formula is C34H30F4N2O5. The molecule has 0 saturated heterocycles. The summed E-state index contributed by atoms with van der Waals surface area (Å²) in [5.74, 6) is -7.38. The van der Waals surface area contributed by atoms with Crippen molar-refractivity contribution in [2.45, 2.75) is 69.7 Å². The van der Waals surface area contributed by atoms with E-state index in [-0.39, 0.29) is 40.7 Å². The largest absolute Gasteiger partial charge is 0.477 e. The molecule has 11 heteroatoms. The predicted molar refractivity (Wildman–Crippen MR) is 156 cm³/mol. The Labute approximate surface area is 256 Å². The van der Waals surface area contributed by atoms with Crippen molar-refractivity contribution in [2.75, 3.05) is 0 Å². The van der Waals surface area contributed by atoms with Gasteiger partial charge in [0.2, 0.25) is 11.8 Å². The topological polar surface area (TPSA) is 102 Å². The van der Waals surface area contributed by atoms with Gasteiger partial charge in [0.1, 0.15) is 47.1 Å². The fourth-order valence-electron chi connectivity index (χ4n) is 6.19. The lowest BCUT2D eigenvalue weighted by molar-refractivity contribution is 0.0685. The number of carboxylic acid groups (broad SMARTS) is 1. The summed E-state index contributed by atoms with van der Waals surface area (Å²) in [7, 11) is 0. The number of aliphatic hydroxyl groups excluding tert-OH is 1. The Hall–Kier alpha value is -4.51. The van der Waals surface area contributed by atoms with Crippen LogP contribution in [0, 0.1) is 23.3 Å². The molecule has 1 atom stereocenters. The first-order valence-corrected chi connectivity index (χ1v) is 14.9. The van der Waals surface area contributed by atoms with E-state index >= 15 is 17.6 Å². The maximum atomic E-state index is 15.9. The van der Waals surface area contributed by atoms with Crippen LogP contribution >= 0.6 is 0 Å². The molecule has 234 valence electrons. The van der Waals surface area contributed by atoms with Crippen molar-refractivity contribution in [3.05, 3.63) is 94.8 Å². The lowest BCUT2D eigenvalue weighted by Gasteiger charge is -2.22. The third kappa shape index (κ3) is 6.09. The Morgan fingerprint density at radius 1 is 0.733 bits per heavy atom. The number of nitrogens with zero attached hydrogens (tertiary/aromatic N) is 2. The van der Waals surface area contributed by atoms with Gasteiger partial charge in [-0.3, -0.25) is 0 Å². The van der Waals surface area contributed by atoms with E-state index in [4.69, 9.17) is 9.47 Å². The molecule has 45 heavy (non-hydrogen) atoms. The maximum absolute atomic E-state index is 15.9. The molecule has 2 saturated carbocycles. The van der Waals surface area contributed by atoms with Gasteiger partial charge in [-0.1, -0.05) is 0 Å². The molecule has 2 aromatic heterocycles. The first-order valence-electron chi connectivity index (χ1n) is 14.9. The molecule has 0 aliphatic heterocycles. The van der Waals surface area contributed by atoms with Gasteiger partial charge in [0, 0.05) is 29.1 Å². The molecule has 2 aliphatic carbocycles. The van der Waals surface area contributed by atoms with Crippen LogP contribution in [0.4, 0.5) is 17.6 Å². The Morgan fingerprint density at radius 2 is 1.24 bits per heavy atom. The minimum Gasteiger partial charge on any atom is -0.477 e. The molecule has 6 rings (SSSR count). The molecule has 1 unspecified atom stereocenters. The average Bonchev–Trinajstić information content (AvgIpc) is 3.72. The van der Waals surface area contributed by atoms with Crippen LogP contribution in [-0.2, 0) is 0 Å². The molecule has 2 N–H and O–H groups in total. The molecular weight excluding hydrogens is 592 g/mol. The molecule has 7 nitrogen and oxygen atoms in total. The Balaban J connectivity index is 1.45. The van der Waals surface area contributed by atoms with Crippen LogP contribution in [-0.4, -0.2) is 38.4 Å². The third-order valence-electron chi connectivity index (χ3n) is 8.40. The van der Waals surface area contributed by atoms with Crippen LogP contribution in [0.5, 0.6) is 11.8 Å². The van der Waals surface area contributed by atoms with E-state index in [1.54, 1.807) is 12.1 Å². The van der Waals surface area contributed by atoms with E-state index in [1.807, 2.05) is 0 Å². The number of halogens is 4. The lowest BCUT2D eigenvalue weighted by Crippen LogP contribution is -2.16. The molecule has 0 radical (unpaired) electrons. The quantitative estimate of drug-likeness (QED) is 0.184. The van der Waals surface area contributed by atoms with Gasteiger partial charge in [-0.25, -0.2) is 32.3 Å². The van der Waals surface area contributed by atoms with Crippen molar-refractivity contribution < 1.29 is 42.0 Å². The van der Waals surface area contributed by atoms with Crippen molar-refractivity contribution >= 4 is 5.97 Å². The summed E-state index contributed by atoms with van der Waals surface area (Å²) in [5.41, 5.74) is -3.12. The number of pyridine rings is 2. The van der Waals surface area contributed by atoms with Crippen LogP contribution < -0.4 is 9.47 Å².